The van der Waals surface area contributed by atoms with Crippen molar-refractivity contribution < 1.29 is 13.5 Å². The molecule has 1 saturated heterocycles. The fraction of sp³-hybridized carbons (Fsp3) is 0.286. The molecule has 3 aromatic rings. The standard InChI is InChI=1S/C21H21FN2O3/c1-26-18-6-7-19-15(12-21(25)27-20(19)13-18)14-23-8-10-24(11-9-23)17-4-2-16(22)3-5-17/h2-7,12-13H,8-11,14H2,1H3. The predicted molar refractivity (Wildman–Crippen MR) is 103 cm³/mol. The van der Waals surface area contributed by atoms with Crippen LogP contribution in [0.3, 0.4) is 0 Å². The second-order valence-corrected chi connectivity index (χ2v) is 6.69. The molecule has 0 aliphatic carbocycles. The quantitative estimate of drug-likeness (QED) is 0.662. The number of hydrogen-bond donors (Lipinski definition) is 0. The van der Waals surface area contributed by atoms with E-state index in [0.717, 1.165) is 42.8 Å². The predicted octanol–water partition coefficient (Wildman–Crippen LogP) is 3.26. The van der Waals surface area contributed by atoms with Crippen LogP contribution in [-0.2, 0) is 6.54 Å². The first kappa shape index (κ1) is 17.5. The van der Waals surface area contributed by atoms with Gasteiger partial charge in [-0.2, -0.15) is 0 Å². The van der Waals surface area contributed by atoms with Crippen molar-refractivity contribution in [3.63, 3.8) is 0 Å². The van der Waals surface area contributed by atoms with Crippen LogP contribution >= 0.6 is 0 Å². The maximum Gasteiger partial charge on any atom is 0.336 e. The summed E-state index contributed by atoms with van der Waals surface area (Å²) in [7, 11) is 1.59. The van der Waals surface area contributed by atoms with Crippen molar-refractivity contribution in [2.75, 3.05) is 38.2 Å². The second kappa shape index (κ2) is 7.40. The summed E-state index contributed by atoms with van der Waals surface area (Å²) in [5, 5.41) is 0.927. The SMILES string of the molecule is COc1ccc2c(CN3CCN(c4ccc(F)cc4)CC3)cc(=O)oc2c1. The summed E-state index contributed by atoms with van der Waals surface area (Å²) in [5.41, 5.74) is 2.19. The summed E-state index contributed by atoms with van der Waals surface area (Å²) in [6, 6.07) is 13.7. The number of ether oxygens (including phenoxy) is 1. The summed E-state index contributed by atoms with van der Waals surface area (Å²) in [5.74, 6) is 0.444. The number of benzene rings is 2. The molecular weight excluding hydrogens is 347 g/mol. The van der Waals surface area contributed by atoms with Crippen molar-refractivity contribution in [2.24, 2.45) is 0 Å². The van der Waals surface area contributed by atoms with Crippen LogP contribution in [0.1, 0.15) is 5.56 Å². The van der Waals surface area contributed by atoms with Crippen LogP contribution in [0.25, 0.3) is 11.0 Å². The normalized spacial score (nSPS) is 15.3. The van der Waals surface area contributed by atoms with Crippen molar-refractivity contribution >= 4 is 16.7 Å². The van der Waals surface area contributed by atoms with Crippen molar-refractivity contribution in [3.8, 4) is 5.75 Å². The smallest absolute Gasteiger partial charge is 0.336 e. The molecule has 4 rings (SSSR count). The Bertz CT molecular complexity index is 992. The van der Waals surface area contributed by atoms with Gasteiger partial charge in [-0.3, -0.25) is 4.90 Å². The number of rotatable bonds is 4. The van der Waals surface area contributed by atoms with E-state index in [-0.39, 0.29) is 11.4 Å². The average molecular weight is 368 g/mol. The third kappa shape index (κ3) is 3.80. The molecule has 0 atom stereocenters. The molecular formula is C21H21FN2O3. The Hall–Kier alpha value is -2.86. The van der Waals surface area contributed by atoms with Crippen LogP contribution in [0, 0.1) is 5.82 Å². The molecule has 140 valence electrons. The molecule has 2 aromatic carbocycles. The lowest BCUT2D eigenvalue weighted by Gasteiger charge is -2.36. The maximum atomic E-state index is 13.1. The van der Waals surface area contributed by atoms with E-state index in [9.17, 15) is 9.18 Å². The van der Waals surface area contributed by atoms with Gasteiger partial charge in [0.15, 0.2) is 0 Å². The van der Waals surface area contributed by atoms with Crippen LogP contribution in [0.15, 0.2) is 57.7 Å². The molecule has 6 heteroatoms. The van der Waals surface area contributed by atoms with Gasteiger partial charge in [-0.05, 0) is 42.0 Å². The van der Waals surface area contributed by atoms with E-state index >= 15 is 0 Å². The van der Waals surface area contributed by atoms with E-state index < -0.39 is 0 Å². The molecule has 0 N–H and O–H groups in total. The van der Waals surface area contributed by atoms with Gasteiger partial charge in [-0.15, -0.1) is 0 Å². The number of hydrogen-bond acceptors (Lipinski definition) is 5. The molecule has 5 nitrogen and oxygen atoms in total. The lowest BCUT2D eigenvalue weighted by atomic mass is 10.1. The van der Waals surface area contributed by atoms with Crippen molar-refractivity contribution in [2.45, 2.75) is 6.54 Å². The van der Waals surface area contributed by atoms with Gasteiger partial charge in [-0.25, -0.2) is 9.18 Å². The summed E-state index contributed by atoms with van der Waals surface area (Å²) in [4.78, 5) is 16.5. The van der Waals surface area contributed by atoms with Crippen LogP contribution in [0.4, 0.5) is 10.1 Å². The van der Waals surface area contributed by atoms with E-state index in [0.29, 0.717) is 17.9 Å². The molecule has 0 spiro atoms. The molecule has 0 radical (unpaired) electrons. The van der Waals surface area contributed by atoms with E-state index in [1.165, 1.54) is 12.1 Å². The zero-order valence-corrected chi connectivity index (χ0v) is 15.2. The number of methoxy groups -OCH3 is 1. The van der Waals surface area contributed by atoms with Crippen LogP contribution < -0.4 is 15.3 Å². The minimum Gasteiger partial charge on any atom is -0.497 e. The van der Waals surface area contributed by atoms with Crippen LogP contribution in [-0.4, -0.2) is 38.2 Å². The Labute approximate surface area is 156 Å². The number of piperazine rings is 1. The van der Waals surface area contributed by atoms with Gasteiger partial charge >= 0.3 is 5.63 Å². The van der Waals surface area contributed by atoms with Gasteiger partial charge in [0.05, 0.1) is 7.11 Å². The highest BCUT2D eigenvalue weighted by Gasteiger charge is 2.19. The second-order valence-electron chi connectivity index (χ2n) is 6.69. The number of nitrogens with zero attached hydrogens (tertiary/aromatic N) is 2. The molecule has 0 bridgehead atoms. The Kier molecular flexibility index (Phi) is 4.81. The van der Waals surface area contributed by atoms with E-state index in [1.54, 1.807) is 19.2 Å². The van der Waals surface area contributed by atoms with Crippen molar-refractivity contribution in [1.29, 1.82) is 0 Å². The Morgan fingerprint density at radius 1 is 1.04 bits per heavy atom. The van der Waals surface area contributed by atoms with E-state index in [4.69, 9.17) is 9.15 Å². The highest BCUT2D eigenvalue weighted by molar-refractivity contribution is 5.81. The Morgan fingerprint density at radius 3 is 2.48 bits per heavy atom. The van der Waals surface area contributed by atoms with Crippen molar-refractivity contribution in [3.05, 3.63) is 70.3 Å². The van der Waals surface area contributed by atoms with Gasteiger partial charge in [0.25, 0.3) is 0 Å². The zero-order chi connectivity index (χ0) is 18.8. The summed E-state index contributed by atoms with van der Waals surface area (Å²) >= 11 is 0. The monoisotopic (exact) mass is 368 g/mol. The minimum absolute atomic E-state index is 0.219. The lowest BCUT2D eigenvalue weighted by molar-refractivity contribution is 0.250. The molecule has 27 heavy (non-hydrogen) atoms. The summed E-state index contributed by atoms with van der Waals surface area (Å²) < 4.78 is 23.6. The van der Waals surface area contributed by atoms with Crippen LogP contribution in [0.5, 0.6) is 5.75 Å². The molecule has 1 aliphatic rings. The minimum atomic E-state index is -0.351. The number of halogens is 1. The molecule has 0 saturated carbocycles. The van der Waals surface area contributed by atoms with Crippen molar-refractivity contribution in [1.82, 2.24) is 4.90 Å². The van der Waals surface area contributed by atoms with Gasteiger partial charge in [-0.1, -0.05) is 0 Å². The molecule has 1 aromatic heterocycles. The van der Waals surface area contributed by atoms with Crippen LogP contribution in [0.2, 0.25) is 0 Å². The van der Waals surface area contributed by atoms with Gasteiger partial charge in [0.2, 0.25) is 0 Å². The van der Waals surface area contributed by atoms with Gasteiger partial charge in [0.1, 0.15) is 17.1 Å². The number of anilines is 1. The molecule has 1 aliphatic heterocycles. The summed E-state index contributed by atoms with van der Waals surface area (Å²) in [6.45, 7) is 4.15. The Balaban J connectivity index is 1.49. The first-order chi connectivity index (χ1) is 13.1. The van der Waals surface area contributed by atoms with Gasteiger partial charge in [0, 0.05) is 55.9 Å². The first-order valence-electron chi connectivity index (χ1n) is 8.96. The largest absolute Gasteiger partial charge is 0.497 e. The lowest BCUT2D eigenvalue weighted by Crippen LogP contribution is -2.46. The maximum absolute atomic E-state index is 13.1. The highest BCUT2D eigenvalue weighted by Crippen LogP contribution is 2.24. The molecule has 1 fully saturated rings. The third-order valence-electron chi connectivity index (χ3n) is 5.00. The Morgan fingerprint density at radius 2 is 1.78 bits per heavy atom. The van der Waals surface area contributed by atoms with E-state index in [1.807, 2.05) is 24.3 Å². The molecule has 0 amide bonds. The average Bonchev–Trinajstić information content (AvgIpc) is 2.68. The topological polar surface area (TPSA) is 45.9 Å². The van der Waals surface area contributed by atoms with Gasteiger partial charge < -0.3 is 14.1 Å². The molecule has 2 heterocycles. The fourth-order valence-electron chi connectivity index (χ4n) is 3.53. The third-order valence-corrected chi connectivity index (χ3v) is 5.00. The number of fused-ring (bicyclic) bond motifs is 1. The summed E-state index contributed by atoms with van der Waals surface area (Å²) in [6.07, 6.45) is 0. The zero-order valence-electron chi connectivity index (χ0n) is 15.2. The molecule has 0 unspecified atom stereocenters. The first-order valence-corrected chi connectivity index (χ1v) is 8.96. The van der Waals surface area contributed by atoms with E-state index in [2.05, 4.69) is 9.80 Å². The fourth-order valence-corrected chi connectivity index (χ4v) is 3.53. The highest BCUT2D eigenvalue weighted by atomic mass is 19.1.